The normalized spacial score (nSPS) is 10.1. The van der Waals surface area contributed by atoms with Gasteiger partial charge in [-0.25, -0.2) is 10.3 Å². The molecule has 82 valence electrons. The van der Waals surface area contributed by atoms with Gasteiger partial charge in [0, 0.05) is 12.3 Å². The summed E-state index contributed by atoms with van der Waals surface area (Å²) in [6, 6.07) is 3.18. The maximum absolute atomic E-state index is 11.6. The van der Waals surface area contributed by atoms with E-state index in [0.29, 0.717) is 21.2 Å². The molecule has 0 aliphatic carbocycles. The minimum Gasteiger partial charge on any atom is -0.244 e. The minimum atomic E-state index is 0.300. The zero-order valence-corrected chi connectivity index (χ0v) is 9.22. The van der Waals surface area contributed by atoms with E-state index >= 15 is 0 Å². The van der Waals surface area contributed by atoms with Crippen molar-refractivity contribution in [3.8, 4) is 0 Å². The number of aromatic nitrogens is 4. The Labute approximate surface area is 96.1 Å². The molecule has 0 aliphatic heterocycles. The Morgan fingerprint density at radius 2 is 2.38 bits per heavy atom. The third kappa shape index (κ3) is 2.17. The van der Waals surface area contributed by atoms with Gasteiger partial charge >= 0.3 is 5.82 Å². The van der Waals surface area contributed by atoms with Crippen LogP contribution in [0.15, 0.2) is 30.9 Å². The Morgan fingerprint density at radius 3 is 3.06 bits per heavy atom. The fourth-order valence-electron chi connectivity index (χ4n) is 1.20. The molecular formula is C9H9ClN5O+. The molecular weight excluding hydrogens is 230 g/mol. The van der Waals surface area contributed by atoms with E-state index in [1.54, 1.807) is 19.3 Å². The van der Waals surface area contributed by atoms with Crippen molar-refractivity contribution in [2.75, 3.05) is 5.32 Å². The van der Waals surface area contributed by atoms with Crippen LogP contribution in [-0.4, -0.2) is 14.6 Å². The molecule has 16 heavy (non-hydrogen) atoms. The zero-order chi connectivity index (χ0) is 11.5. The highest BCUT2D eigenvalue weighted by Gasteiger charge is 2.11. The van der Waals surface area contributed by atoms with Crippen LogP contribution in [-0.2, 0) is 7.05 Å². The van der Waals surface area contributed by atoms with Gasteiger partial charge in [-0.1, -0.05) is 11.6 Å². The molecule has 2 heterocycles. The molecule has 0 saturated carbocycles. The van der Waals surface area contributed by atoms with Gasteiger partial charge in [-0.15, -0.1) is 0 Å². The second-order valence-electron chi connectivity index (χ2n) is 3.11. The van der Waals surface area contributed by atoms with Crippen molar-refractivity contribution in [3.05, 3.63) is 40.8 Å². The largest absolute Gasteiger partial charge is 0.349 e. The van der Waals surface area contributed by atoms with Crippen molar-refractivity contribution in [2.45, 2.75) is 0 Å². The fourth-order valence-corrected chi connectivity index (χ4v) is 1.45. The van der Waals surface area contributed by atoms with Gasteiger partial charge in [0.25, 0.3) is 0 Å². The van der Waals surface area contributed by atoms with Gasteiger partial charge in [0.15, 0.2) is 0 Å². The first-order valence-electron chi connectivity index (χ1n) is 4.49. The van der Waals surface area contributed by atoms with Crippen LogP contribution in [0.2, 0.25) is 5.02 Å². The van der Waals surface area contributed by atoms with Crippen molar-refractivity contribution in [3.63, 3.8) is 0 Å². The number of hydrogen-bond donors (Lipinski definition) is 1. The Morgan fingerprint density at radius 1 is 1.56 bits per heavy atom. The summed E-state index contributed by atoms with van der Waals surface area (Å²) in [4.78, 5) is 19.4. The molecule has 6 nitrogen and oxygen atoms in total. The van der Waals surface area contributed by atoms with Crippen LogP contribution in [0.1, 0.15) is 0 Å². The molecule has 0 aromatic carbocycles. The number of halogens is 1. The monoisotopic (exact) mass is 238 g/mol. The maximum Gasteiger partial charge on any atom is 0.349 e. The molecule has 2 rings (SSSR count). The van der Waals surface area contributed by atoms with E-state index < -0.39 is 0 Å². The predicted octanol–water partition coefficient (Wildman–Crippen LogP) is 1.13. The van der Waals surface area contributed by atoms with Crippen LogP contribution in [0.5, 0.6) is 0 Å². The Bertz CT molecular complexity index is 554. The molecule has 0 aliphatic rings. The highest BCUT2D eigenvalue weighted by Crippen LogP contribution is 2.12. The van der Waals surface area contributed by atoms with E-state index in [2.05, 4.69) is 15.3 Å². The summed E-state index contributed by atoms with van der Waals surface area (Å²) in [6.07, 6.45) is 4.48. The van der Waals surface area contributed by atoms with Crippen molar-refractivity contribution in [1.29, 1.82) is 0 Å². The third-order valence-corrected chi connectivity index (χ3v) is 2.12. The minimum absolute atomic E-state index is 0.300. The molecule has 2 aromatic rings. The van der Waals surface area contributed by atoms with Gasteiger partial charge in [0.05, 0.1) is 28.9 Å². The van der Waals surface area contributed by atoms with E-state index in [1.165, 1.54) is 23.3 Å². The van der Waals surface area contributed by atoms with Crippen molar-refractivity contribution in [1.82, 2.24) is 14.6 Å². The number of nitrogens with one attached hydrogen (secondary N) is 1. The molecule has 1 N–H and O–H groups in total. The molecule has 0 radical (unpaired) electrons. The number of rotatable bonds is 2. The number of hydrogen-bond acceptors (Lipinski definition) is 4. The fraction of sp³-hybridized carbons (Fsp3) is 0.111. The lowest BCUT2D eigenvalue weighted by Gasteiger charge is -1.98. The van der Waals surface area contributed by atoms with E-state index in [1.807, 2.05) is 0 Å². The van der Waals surface area contributed by atoms with Gasteiger partial charge in [-0.05, 0) is 4.91 Å². The van der Waals surface area contributed by atoms with Gasteiger partial charge in [-0.3, -0.25) is 0 Å². The first-order chi connectivity index (χ1) is 7.66. The molecule has 0 unspecified atom stereocenters. The lowest BCUT2D eigenvalue weighted by atomic mass is 10.5. The first kappa shape index (κ1) is 10.6. The van der Waals surface area contributed by atoms with Gasteiger partial charge < -0.3 is 0 Å². The first-order valence-corrected chi connectivity index (χ1v) is 4.86. The zero-order valence-electron chi connectivity index (χ0n) is 8.46. The predicted molar refractivity (Wildman–Crippen MR) is 59.1 cm³/mol. The van der Waals surface area contributed by atoms with E-state index in [4.69, 9.17) is 11.6 Å². The van der Waals surface area contributed by atoms with Crippen molar-refractivity contribution < 1.29 is 4.54 Å². The van der Waals surface area contributed by atoms with Crippen molar-refractivity contribution in [2.24, 2.45) is 7.05 Å². The van der Waals surface area contributed by atoms with Crippen LogP contribution >= 0.6 is 11.6 Å². The number of aryl methyl sites for hydroxylation is 1. The molecule has 0 fully saturated rings. The second-order valence-corrected chi connectivity index (χ2v) is 3.55. The highest BCUT2D eigenvalue weighted by atomic mass is 35.5. The molecule has 7 heteroatoms. The van der Waals surface area contributed by atoms with Crippen LogP contribution < -0.4 is 9.86 Å². The van der Waals surface area contributed by atoms with Crippen molar-refractivity contribution >= 4 is 23.2 Å². The summed E-state index contributed by atoms with van der Waals surface area (Å²) in [5.41, 5.74) is 0. The molecule has 0 saturated heterocycles. The van der Waals surface area contributed by atoms with E-state index in [9.17, 15) is 4.91 Å². The lowest BCUT2D eigenvalue weighted by Crippen LogP contribution is -2.31. The third-order valence-electron chi connectivity index (χ3n) is 1.92. The van der Waals surface area contributed by atoms with Crippen LogP contribution in [0, 0.1) is 4.91 Å². The summed E-state index contributed by atoms with van der Waals surface area (Å²) in [6.45, 7) is 0. The number of nitrogens with zero attached hydrogens (tertiary/aromatic N) is 4. The second kappa shape index (κ2) is 4.28. The molecule has 0 bridgehead atoms. The Hall–Kier alpha value is -1.95. The summed E-state index contributed by atoms with van der Waals surface area (Å²) in [5, 5.41) is 3.31. The topological polar surface area (TPSA) is 65.7 Å². The van der Waals surface area contributed by atoms with Crippen LogP contribution in [0.4, 0.5) is 11.6 Å². The molecule has 0 spiro atoms. The summed E-state index contributed by atoms with van der Waals surface area (Å²) < 4.78 is 2.00. The van der Waals surface area contributed by atoms with Gasteiger partial charge in [0.2, 0.25) is 5.82 Å². The molecule has 2 aromatic heterocycles. The SMILES string of the molecule is Cn1cc(Cl)cc(Nc2ccncn2)[n+]1=O. The quantitative estimate of drug-likeness (QED) is 0.797. The molecule has 0 atom stereocenters. The van der Waals surface area contributed by atoms with Crippen LogP contribution in [0.3, 0.4) is 0 Å². The van der Waals surface area contributed by atoms with E-state index in [-0.39, 0.29) is 0 Å². The van der Waals surface area contributed by atoms with Crippen LogP contribution in [0.25, 0.3) is 0 Å². The van der Waals surface area contributed by atoms with Gasteiger partial charge in [-0.2, -0.15) is 9.67 Å². The number of anilines is 2. The summed E-state index contributed by atoms with van der Waals surface area (Å²) in [7, 11) is 1.60. The summed E-state index contributed by atoms with van der Waals surface area (Å²) in [5.74, 6) is 0.829. The molecule has 0 amide bonds. The highest BCUT2D eigenvalue weighted by molar-refractivity contribution is 6.30. The Kier molecular flexibility index (Phi) is 2.82. The summed E-state index contributed by atoms with van der Waals surface area (Å²) >= 11 is 5.84. The maximum atomic E-state index is 11.6. The Balaban J connectivity index is 2.39. The average Bonchev–Trinajstić information content (AvgIpc) is 2.27. The lowest BCUT2D eigenvalue weighted by molar-refractivity contribution is -0.580. The standard InChI is InChI=1S/C9H9ClN5O/c1-14-5-7(10)4-9(15(14)16)13-8-2-3-11-6-12-8/h2-6H,1H3,(H,11,12,13)/q+1. The average molecular weight is 239 g/mol. The van der Waals surface area contributed by atoms with E-state index in [0.717, 1.165) is 0 Å². The van der Waals surface area contributed by atoms with Gasteiger partial charge in [0.1, 0.15) is 6.33 Å². The smallest absolute Gasteiger partial charge is 0.244 e.